The fourth-order valence-electron chi connectivity index (χ4n) is 10.4. The van der Waals surface area contributed by atoms with Gasteiger partial charge in [0.15, 0.2) is 11.2 Å². The Morgan fingerprint density at radius 1 is 1.14 bits per heavy atom. The largest absolute Gasteiger partial charge is 0.472 e. The Kier molecular flexibility index (Phi) is 7.92. The van der Waals surface area contributed by atoms with Crippen molar-refractivity contribution < 1.29 is 63.0 Å². The van der Waals surface area contributed by atoms with E-state index >= 15 is 0 Å². The Balaban J connectivity index is 1.65. The molecule has 1 saturated heterocycles. The molecule has 4 N–H and O–H groups in total. The van der Waals surface area contributed by atoms with Gasteiger partial charge in [0, 0.05) is 33.8 Å². The van der Waals surface area contributed by atoms with Crippen LogP contribution in [0.4, 0.5) is 0 Å². The van der Waals surface area contributed by atoms with Crippen molar-refractivity contribution in [3.05, 3.63) is 47.0 Å². The molecule has 3 saturated carbocycles. The topological polar surface area (TPSA) is 199 Å². The summed E-state index contributed by atoms with van der Waals surface area (Å²) in [5, 5.41) is 48.9. The maximum Gasteiger partial charge on any atom is 0.352 e. The maximum absolute atomic E-state index is 13.9. The highest BCUT2D eigenvalue weighted by molar-refractivity contribution is 5.88. The summed E-state index contributed by atoms with van der Waals surface area (Å²) in [5.41, 5.74) is -9.37. The average Bonchev–Trinajstić information content (AvgIpc) is 3.68. The standard InChI is InChI=1S/C36H46O13/c1-9-17(2)27(39)49-29-33(6)16-35(43)34(7,20(33)14-21(37)45-8)19-10-12-32(5)23(22(19)25(38)36(29,35)44)24(47-30(41)31(3,4)42)28(40)48-26(32)18-11-13-46-15-18/h9,11,13,15,19-20,24-26,29,38,42-44H,10,12,14,16H2,1-8H3. The lowest BCUT2D eigenvalue weighted by atomic mass is 9.40. The monoisotopic (exact) mass is 686 g/mol. The number of methoxy groups -OCH3 is 1. The minimum absolute atomic E-state index is 0.119. The maximum atomic E-state index is 13.9. The van der Waals surface area contributed by atoms with E-state index in [4.69, 9.17) is 23.4 Å². The summed E-state index contributed by atoms with van der Waals surface area (Å²) in [6, 6.07) is 1.63. The zero-order valence-corrected chi connectivity index (χ0v) is 29.1. The normalized spacial score (nSPS) is 42.6. The van der Waals surface area contributed by atoms with E-state index in [-0.39, 0.29) is 29.6 Å². The summed E-state index contributed by atoms with van der Waals surface area (Å²) in [6.45, 7) is 10.8. The first kappa shape index (κ1) is 35.3. The van der Waals surface area contributed by atoms with E-state index in [2.05, 4.69) is 0 Å². The number of hydrogen-bond acceptors (Lipinski definition) is 13. The highest BCUT2D eigenvalue weighted by atomic mass is 16.6. The quantitative estimate of drug-likeness (QED) is 0.141. The molecule has 11 atom stereocenters. The average molecular weight is 687 g/mol. The van der Waals surface area contributed by atoms with Crippen LogP contribution in [0.1, 0.15) is 85.8 Å². The Hall–Kier alpha value is -3.52. The highest BCUT2D eigenvalue weighted by Crippen LogP contribution is 2.80. The van der Waals surface area contributed by atoms with Crippen LogP contribution < -0.4 is 0 Å². The van der Waals surface area contributed by atoms with Crippen molar-refractivity contribution in [2.24, 2.45) is 28.1 Å². The van der Waals surface area contributed by atoms with Crippen LogP contribution in [-0.2, 0) is 38.1 Å². The summed E-state index contributed by atoms with van der Waals surface area (Å²) in [4.78, 5) is 53.5. The molecule has 49 heavy (non-hydrogen) atoms. The third-order valence-electron chi connectivity index (χ3n) is 12.8. The van der Waals surface area contributed by atoms with E-state index in [0.717, 1.165) is 0 Å². The van der Waals surface area contributed by atoms with Crippen molar-refractivity contribution in [3.63, 3.8) is 0 Å². The van der Waals surface area contributed by atoms with E-state index in [0.29, 0.717) is 18.4 Å². The number of aliphatic hydroxyl groups excluding tert-OH is 1. The molecular weight excluding hydrogens is 640 g/mol. The predicted molar refractivity (Wildman–Crippen MR) is 168 cm³/mol. The van der Waals surface area contributed by atoms with Gasteiger partial charge in [-0.15, -0.1) is 0 Å². The zero-order chi connectivity index (χ0) is 36.3. The summed E-state index contributed by atoms with van der Waals surface area (Å²) in [7, 11) is 1.24. The van der Waals surface area contributed by atoms with Crippen LogP contribution in [0.3, 0.4) is 0 Å². The Labute approximate surface area is 284 Å². The van der Waals surface area contributed by atoms with Crippen molar-refractivity contribution in [1.82, 2.24) is 0 Å². The van der Waals surface area contributed by atoms with Gasteiger partial charge in [0.1, 0.15) is 23.9 Å². The third kappa shape index (κ3) is 4.37. The minimum atomic E-state index is -2.54. The first-order valence-corrected chi connectivity index (χ1v) is 16.6. The van der Waals surface area contributed by atoms with Gasteiger partial charge in [0.05, 0.1) is 19.6 Å². The van der Waals surface area contributed by atoms with Gasteiger partial charge in [-0.25, -0.2) is 14.4 Å². The zero-order valence-electron chi connectivity index (χ0n) is 29.1. The van der Waals surface area contributed by atoms with Crippen LogP contribution in [-0.4, -0.2) is 86.5 Å². The number of rotatable bonds is 7. The molecule has 1 aliphatic heterocycles. The molecule has 0 radical (unpaired) electrons. The minimum Gasteiger partial charge on any atom is -0.472 e. The fourth-order valence-corrected chi connectivity index (χ4v) is 10.4. The molecular formula is C36H46O13. The summed E-state index contributed by atoms with van der Waals surface area (Å²) in [6.07, 6.45) is -1.54. The number of carbonyl (C=O) groups excluding carboxylic acids is 4. The number of ether oxygens (including phenoxy) is 4. The van der Waals surface area contributed by atoms with Gasteiger partial charge in [0.25, 0.3) is 0 Å². The van der Waals surface area contributed by atoms with Crippen molar-refractivity contribution >= 4 is 23.9 Å². The Morgan fingerprint density at radius 2 is 1.82 bits per heavy atom. The third-order valence-corrected chi connectivity index (χ3v) is 12.8. The van der Waals surface area contributed by atoms with Crippen LogP contribution in [0.2, 0.25) is 0 Å². The first-order chi connectivity index (χ1) is 22.7. The van der Waals surface area contributed by atoms with Crippen molar-refractivity contribution in [2.75, 3.05) is 7.11 Å². The number of esters is 4. The van der Waals surface area contributed by atoms with Gasteiger partial charge in [-0.3, -0.25) is 4.79 Å². The molecule has 268 valence electrons. The number of fused-ring (bicyclic) bond motifs is 4. The van der Waals surface area contributed by atoms with Gasteiger partial charge >= 0.3 is 23.9 Å². The van der Waals surface area contributed by atoms with Crippen LogP contribution in [0, 0.1) is 28.1 Å². The van der Waals surface area contributed by atoms with Crippen molar-refractivity contribution in [1.29, 1.82) is 0 Å². The molecule has 0 amide bonds. The highest BCUT2D eigenvalue weighted by Gasteiger charge is 2.89. The van der Waals surface area contributed by atoms with Gasteiger partial charge in [0.2, 0.25) is 6.10 Å². The van der Waals surface area contributed by atoms with Crippen LogP contribution >= 0.6 is 0 Å². The second kappa shape index (κ2) is 11.0. The molecule has 1 aromatic heterocycles. The molecule has 0 aromatic carbocycles. The van der Waals surface area contributed by atoms with Crippen LogP contribution in [0.25, 0.3) is 0 Å². The van der Waals surface area contributed by atoms with E-state index in [1.54, 1.807) is 33.8 Å². The van der Waals surface area contributed by atoms with E-state index in [9.17, 15) is 39.6 Å². The van der Waals surface area contributed by atoms with Gasteiger partial charge in [-0.05, 0) is 76.0 Å². The lowest BCUT2D eigenvalue weighted by Crippen LogP contribution is -2.80. The first-order valence-electron chi connectivity index (χ1n) is 16.6. The summed E-state index contributed by atoms with van der Waals surface area (Å²) in [5.74, 6) is -4.99. The van der Waals surface area contributed by atoms with Crippen LogP contribution in [0.15, 0.2) is 45.8 Å². The van der Waals surface area contributed by atoms with Gasteiger partial charge in [-0.1, -0.05) is 26.8 Å². The van der Waals surface area contributed by atoms with Crippen molar-refractivity contribution in [2.45, 2.75) is 115 Å². The number of furan rings is 1. The lowest BCUT2D eigenvalue weighted by Gasteiger charge is -2.68. The second-order valence-electron chi connectivity index (χ2n) is 15.7. The number of hydrogen-bond donors (Lipinski definition) is 4. The van der Waals surface area contributed by atoms with Crippen molar-refractivity contribution in [3.8, 4) is 0 Å². The Morgan fingerprint density at radius 3 is 2.39 bits per heavy atom. The molecule has 5 aliphatic rings. The Bertz CT molecular complexity index is 1650. The van der Waals surface area contributed by atoms with Crippen LogP contribution in [0.5, 0.6) is 0 Å². The van der Waals surface area contributed by atoms with E-state index in [1.165, 1.54) is 46.5 Å². The lowest BCUT2D eigenvalue weighted by molar-refractivity contribution is -0.314. The fraction of sp³-hybridized carbons (Fsp3) is 0.667. The van der Waals surface area contributed by atoms with Gasteiger partial charge in [-0.2, -0.15) is 0 Å². The predicted octanol–water partition coefficient (Wildman–Crippen LogP) is 2.60. The molecule has 13 heteroatoms. The molecule has 2 heterocycles. The smallest absolute Gasteiger partial charge is 0.352 e. The molecule has 4 aliphatic carbocycles. The molecule has 2 bridgehead atoms. The molecule has 11 unspecified atom stereocenters. The molecule has 1 aromatic rings. The second-order valence-corrected chi connectivity index (χ2v) is 15.7. The molecule has 13 nitrogen and oxygen atoms in total. The summed E-state index contributed by atoms with van der Waals surface area (Å²) < 4.78 is 28.1. The molecule has 0 spiro atoms. The number of cyclic esters (lactones) is 1. The molecule has 4 fully saturated rings. The number of carbonyl (C=O) groups is 4. The van der Waals surface area contributed by atoms with E-state index in [1.807, 2.05) is 0 Å². The molecule has 6 rings (SSSR count). The number of aliphatic hydroxyl groups is 4. The summed E-state index contributed by atoms with van der Waals surface area (Å²) >= 11 is 0. The van der Waals surface area contributed by atoms with Gasteiger partial charge < -0.3 is 43.8 Å². The number of allylic oxidation sites excluding steroid dienone is 1. The SMILES string of the molecule is CC=C(C)C(=O)OC1C2(C)CC3(O)C(C)(C4CCC5(C)C(=C4C(O)C13O)C(OC(=O)C(C)(C)O)C(=O)OC5c1ccoc1)C2CC(=O)OC. The van der Waals surface area contributed by atoms with E-state index < -0.39 is 93.2 Å².